The number of ether oxygens (including phenoxy) is 2. The molecule has 2 heterocycles. The van der Waals surface area contributed by atoms with Crippen molar-refractivity contribution < 1.29 is 9.47 Å². The third kappa shape index (κ3) is 2.80. The van der Waals surface area contributed by atoms with Crippen molar-refractivity contribution in [3.8, 4) is 0 Å². The largest absolute Gasteiger partial charge is 0.376 e. The number of hydrogen-bond donors (Lipinski definition) is 1. The molecule has 1 aromatic rings. The van der Waals surface area contributed by atoms with Crippen molar-refractivity contribution >= 4 is 0 Å². The van der Waals surface area contributed by atoms with E-state index in [1.807, 2.05) is 13.8 Å². The van der Waals surface area contributed by atoms with E-state index in [1.54, 1.807) is 0 Å². The topological polar surface area (TPSA) is 70.3 Å². The summed E-state index contributed by atoms with van der Waals surface area (Å²) in [7, 11) is 0. The molecule has 1 atom stereocenters. The van der Waals surface area contributed by atoms with Crippen LogP contribution in [0.2, 0.25) is 0 Å². The van der Waals surface area contributed by atoms with Crippen molar-refractivity contribution in [2.75, 3.05) is 26.4 Å². The molecule has 94 valence electrons. The molecule has 0 amide bonds. The zero-order valence-corrected chi connectivity index (χ0v) is 10.4. The van der Waals surface area contributed by atoms with Gasteiger partial charge in [-0.15, -0.1) is 0 Å². The molecule has 2 N–H and O–H groups in total. The lowest BCUT2D eigenvalue weighted by Gasteiger charge is -2.22. The summed E-state index contributed by atoms with van der Waals surface area (Å²) in [6.07, 6.45) is 0.688. The molecule has 1 unspecified atom stereocenters. The zero-order valence-electron chi connectivity index (χ0n) is 10.4. The summed E-state index contributed by atoms with van der Waals surface area (Å²) < 4.78 is 11.0. The molecule has 0 spiro atoms. The van der Waals surface area contributed by atoms with Crippen LogP contribution in [-0.2, 0) is 15.9 Å². The van der Waals surface area contributed by atoms with Crippen LogP contribution < -0.4 is 5.73 Å². The molecule has 1 saturated heterocycles. The van der Waals surface area contributed by atoms with E-state index in [0.29, 0.717) is 26.4 Å². The standard InChI is InChI=1S/C12H19N3O2/c1-8-10(3-4-13)9(2)15-12(14-8)11-7-16-5-6-17-11/h11H,3-7,13H2,1-2H3. The highest BCUT2D eigenvalue weighted by molar-refractivity contribution is 5.25. The molecule has 2 rings (SSSR count). The van der Waals surface area contributed by atoms with Crippen molar-refractivity contribution in [1.82, 2.24) is 9.97 Å². The highest BCUT2D eigenvalue weighted by Crippen LogP contribution is 2.20. The van der Waals surface area contributed by atoms with Crippen LogP contribution >= 0.6 is 0 Å². The monoisotopic (exact) mass is 237 g/mol. The van der Waals surface area contributed by atoms with E-state index in [9.17, 15) is 0 Å². The fourth-order valence-corrected chi connectivity index (χ4v) is 2.05. The molecule has 1 aromatic heterocycles. The fraction of sp³-hybridized carbons (Fsp3) is 0.667. The summed E-state index contributed by atoms with van der Waals surface area (Å²) in [6.45, 7) is 6.40. The number of nitrogens with two attached hydrogens (primary N) is 1. The van der Waals surface area contributed by atoms with Crippen LogP contribution in [0.4, 0.5) is 0 Å². The summed E-state index contributed by atoms with van der Waals surface area (Å²) in [6, 6.07) is 0. The minimum absolute atomic E-state index is 0.131. The van der Waals surface area contributed by atoms with Gasteiger partial charge in [-0.25, -0.2) is 9.97 Å². The second-order valence-corrected chi connectivity index (χ2v) is 4.20. The first-order valence-electron chi connectivity index (χ1n) is 5.95. The van der Waals surface area contributed by atoms with Crippen LogP contribution in [0.15, 0.2) is 0 Å². The second kappa shape index (κ2) is 5.53. The lowest BCUT2D eigenvalue weighted by molar-refractivity contribution is -0.0936. The van der Waals surface area contributed by atoms with Crippen LogP contribution in [0.3, 0.4) is 0 Å². The van der Waals surface area contributed by atoms with Gasteiger partial charge in [-0.05, 0) is 32.4 Å². The van der Waals surface area contributed by atoms with Gasteiger partial charge in [-0.3, -0.25) is 0 Å². The minimum Gasteiger partial charge on any atom is -0.376 e. The van der Waals surface area contributed by atoms with E-state index in [4.69, 9.17) is 15.2 Å². The normalized spacial score (nSPS) is 20.5. The number of rotatable bonds is 3. The average Bonchev–Trinajstić information content (AvgIpc) is 2.35. The Morgan fingerprint density at radius 2 is 1.94 bits per heavy atom. The van der Waals surface area contributed by atoms with E-state index >= 15 is 0 Å². The summed E-state index contributed by atoms with van der Waals surface area (Å²) in [5.41, 5.74) is 8.71. The molecule has 0 radical (unpaired) electrons. The van der Waals surface area contributed by atoms with Crippen LogP contribution in [0, 0.1) is 13.8 Å². The van der Waals surface area contributed by atoms with Gasteiger partial charge in [0, 0.05) is 11.4 Å². The molecule has 1 aliphatic rings. The van der Waals surface area contributed by atoms with Gasteiger partial charge in [0.1, 0.15) is 6.10 Å². The molecular weight excluding hydrogens is 218 g/mol. The van der Waals surface area contributed by atoms with Gasteiger partial charge in [0.2, 0.25) is 0 Å². The molecule has 0 aromatic carbocycles. The van der Waals surface area contributed by atoms with E-state index in [2.05, 4.69) is 9.97 Å². The van der Waals surface area contributed by atoms with Crippen molar-refractivity contribution in [3.05, 3.63) is 22.8 Å². The van der Waals surface area contributed by atoms with Crippen LogP contribution in [-0.4, -0.2) is 36.3 Å². The maximum absolute atomic E-state index is 5.60. The SMILES string of the molecule is Cc1nc(C2COCCO2)nc(C)c1CCN. The number of hydrogen-bond acceptors (Lipinski definition) is 5. The number of aryl methyl sites for hydroxylation is 2. The molecule has 5 nitrogen and oxygen atoms in total. The van der Waals surface area contributed by atoms with E-state index in [0.717, 1.165) is 29.2 Å². The van der Waals surface area contributed by atoms with Gasteiger partial charge in [0.25, 0.3) is 0 Å². The van der Waals surface area contributed by atoms with Gasteiger partial charge in [0.15, 0.2) is 5.82 Å². The fourth-order valence-electron chi connectivity index (χ4n) is 2.05. The molecule has 0 aliphatic carbocycles. The van der Waals surface area contributed by atoms with E-state index in [-0.39, 0.29) is 6.10 Å². The van der Waals surface area contributed by atoms with Crippen molar-refractivity contribution in [2.45, 2.75) is 26.4 Å². The number of nitrogens with zero attached hydrogens (tertiary/aromatic N) is 2. The van der Waals surface area contributed by atoms with Gasteiger partial charge in [-0.2, -0.15) is 0 Å². The van der Waals surface area contributed by atoms with Crippen molar-refractivity contribution in [2.24, 2.45) is 5.73 Å². The predicted octanol–water partition coefficient (Wildman–Crippen LogP) is 0.683. The lowest BCUT2D eigenvalue weighted by Crippen LogP contribution is -2.24. The summed E-state index contributed by atoms with van der Waals surface area (Å²) in [5, 5.41) is 0. The van der Waals surface area contributed by atoms with Gasteiger partial charge in [-0.1, -0.05) is 0 Å². The quantitative estimate of drug-likeness (QED) is 0.837. The Hall–Kier alpha value is -1.04. The Morgan fingerprint density at radius 3 is 2.47 bits per heavy atom. The first kappa shape index (κ1) is 12.4. The summed E-state index contributed by atoms with van der Waals surface area (Å²) >= 11 is 0. The van der Waals surface area contributed by atoms with E-state index < -0.39 is 0 Å². The van der Waals surface area contributed by atoms with E-state index in [1.165, 1.54) is 0 Å². The minimum atomic E-state index is -0.131. The molecule has 1 fully saturated rings. The zero-order chi connectivity index (χ0) is 12.3. The van der Waals surface area contributed by atoms with Crippen LogP contribution in [0.25, 0.3) is 0 Å². The maximum Gasteiger partial charge on any atom is 0.160 e. The first-order chi connectivity index (χ1) is 8.22. The molecule has 0 saturated carbocycles. The van der Waals surface area contributed by atoms with Crippen LogP contribution in [0.5, 0.6) is 0 Å². The third-order valence-electron chi connectivity index (χ3n) is 2.94. The van der Waals surface area contributed by atoms with Gasteiger partial charge >= 0.3 is 0 Å². The van der Waals surface area contributed by atoms with Crippen molar-refractivity contribution in [1.29, 1.82) is 0 Å². The Kier molecular flexibility index (Phi) is 4.04. The third-order valence-corrected chi connectivity index (χ3v) is 2.94. The molecule has 17 heavy (non-hydrogen) atoms. The average molecular weight is 237 g/mol. The van der Waals surface area contributed by atoms with Gasteiger partial charge in [0.05, 0.1) is 19.8 Å². The molecule has 0 bridgehead atoms. The Morgan fingerprint density at radius 1 is 1.24 bits per heavy atom. The highest BCUT2D eigenvalue weighted by Gasteiger charge is 2.21. The molecule has 1 aliphatic heterocycles. The van der Waals surface area contributed by atoms with Gasteiger partial charge < -0.3 is 15.2 Å². The highest BCUT2D eigenvalue weighted by atomic mass is 16.6. The number of aromatic nitrogens is 2. The summed E-state index contributed by atoms with van der Waals surface area (Å²) in [4.78, 5) is 9.01. The maximum atomic E-state index is 5.60. The Labute approximate surface area is 101 Å². The first-order valence-corrected chi connectivity index (χ1v) is 5.95. The van der Waals surface area contributed by atoms with Crippen molar-refractivity contribution in [3.63, 3.8) is 0 Å². The molecular formula is C12H19N3O2. The summed E-state index contributed by atoms with van der Waals surface area (Å²) in [5.74, 6) is 0.723. The smallest absolute Gasteiger partial charge is 0.160 e. The second-order valence-electron chi connectivity index (χ2n) is 4.20. The lowest BCUT2D eigenvalue weighted by atomic mass is 10.1. The Bertz CT molecular complexity index is 366. The molecule has 5 heteroatoms. The predicted molar refractivity (Wildman–Crippen MR) is 63.8 cm³/mol. The Balaban J connectivity index is 2.24. The van der Waals surface area contributed by atoms with Crippen LogP contribution in [0.1, 0.15) is 28.9 Å².